The third-order valence-corrected chi connectivity index (χ3v) is 5.76. The second-order valence-electron chi connectivity index (χ2n) is 7.36. The van der Waals surface area contributed by atoms with Crippen LogP contribution in [0.2, 0.25) is 0 Å². The highest BCUT2D eigenvalue weighted by Crippen LogP contribution is 2.32. The summed E-state index contributed by atoms with van der Waals surface area (Å²) in [5.41, 5.74) is -5.39. The van der Waals surface area contributed by atoms with Gasteiger partial charge in [0.1, 0.15) is 0 Å². The van der Waals surface area contributed by atoms with E-state index in [-0.39, 0.29) is 5.82 Å². The highest BCUT2D eigenvalue weighted by molar-refractivity contribution is 7.88. The van der Waals surface area contributed by atoms with Gasteiger partial charge in [-0.05, 0) is 30.5 Å². The largest absolute Gasteiger partial charge is 0.534 e. The number of alkyl halides is 3. The molecular formula is C21H25F5N2O3S. The van der Waals surface area contributed by atoms with Crippen molar-refractivity contribution in [3.8, 4) is 17.1 Å². The van der Waals surface area contributed by atoms with E-state index in [1.165, 1.54) is 44.5 Å². The summed E-state index contributed by atoms with van der Waals surface area (Å²) in [4.78, 5) is 7.97. The standard InChI is InChI=1S/C21H25F5N2O3S/c1-2-3-4-5-6-7-8-9-10-15-13-27-20(28-14-15)16-11-12-17(19(23)18(16)22)31-32(29,30)21(24,25)26/h11-14H,2-10H2,1H3. The molecule has 5 nitrogen and oxygen atoms in total. The average Bonchev–Trinajstić information content (AvgIpc) is 2.73. The molecular weight excluding hydrogens is 455 g/mol. The Morgan fingerprint density at radius 3 is 2.00 bits per heavy atom. The fraction of sp³-hybridized carbons (Fsp3) is 0.524. The Morgan fingerprint density at radius 1 is 0.875 bits per heavy atom. The Kier molecular flexibility index (Phi) is 9.35. The Balaban J connectivity index is 1.97. The van der Waals surface area contributed by atoms with Crippen LogP contribution in [0.3, 0.4) is 0 Å². The molecule has 0 aliphatic rings. The van der Waals surface area contributed by atoms with Crippen molar-refractivity contribution in [3.05, 3.63) is 41.7 Å². The molecule has 0 saturated heterocycles. The molecule has 0 aliphatic carbocycles. The molecule has 0 unspecified atom stereocenters. The van der Waals surface area contributed by atoms with E-state index in [0.29, 0.717) is 6.07 Å². The van der Waals surface area contributed by atoms with Gasteiger partial charge in [0.2, 0.25) is 5.82 Å². The molecule has 0 saturated carbocycles. The highest BCUT2D eigenvalue weighted by atomic mass is 32.2. The van der Waals surface area contributed by atoms with Gasteiger partial charge >= 0.3 is 15.6 Å². The van der Waals surface area contributed by atoms with Crippen molar-refractivity contribution < 1.29 is 34.6 Å². The molecule has 1 heterocycles. The summed E-state index contributed by atoms with van der Waals surface area (Å²) in [5, 5.41) is 0. The average molecular weight is 480 g/mol. The summed E-state index contributed by atoms with van der Waals surface area (Å²) in [5.74, 6) is -5.10. The normalized spacial score (nSPS) is 12.2. The van der Waals surface area contributed by atoms with Gasteiger partial charge in [-0.2, -0.15) is 26.0 Å². The van der Waals surface area contributed by atoms with Crippen LogP contribution in [-0.2, 0) is 16.5 Å². The maximum Gasteiger partial charge on any atom is 0.534 e. The third kappa shape index (κ3) is 7.11. The van der Waals surface area contributed by atoms with E-state index in [9.17, 15) is 30.4 Å². The van der Waals surface area contributed by atoms with Crippen molar-refractivity contribution >= 4 is 10.1 Å². The Bertz CT molecular complexity index is 980. The van der Waals surface area contributed by atoms with E-state index in [0.717, 1.165) is 37.3 Å². The Morgan fingerprint density at radius 2 is 1.44 bits per heavy atom. The first-order valence-corrected chi connectivity index (χ1v) is 11.8. The fourth-order valence-corrected chi connectivity index (χ4v) is 3.48. The lowest BCUT2D eigenvalue weighted by Crippen LogP contribution is -2.28. The van der Waals surface area contributed by atoms with Gasteiger partial charge < -0.3 is 4.18 Å². The van der Waals surface area contributed by atoms with Crippen molar-refractivity contribution in [2.24, 2.45) is 0 Å². The maximum absolute atomic E-state index is 14.3. The van der Waals surface area contributed by atoms with E-state index in [1.54, 1.807) is 0 Å². The summed E-state index contributed by atoms with van der Waals surface area (Å²) in [6.45, 7) is 2.17. The molecule has 0 N–H and O–H groups in total. The number of aryl methyl sites for hydroxylation is 1. The second-order valence-corrected chi connectivity index (χ2v) is 8.90. The van der Waals surface area contributed by atoms with Crippen molar-refractivity contribution in [3.63, 3.8) is 0 Å². The SMILES string of the molecule is CCCCCCCCCCc1cnc(-c2ccc(OS(=O)(=O)C(F)(F)F)c(F)c2F)nc1. The van der Waals surface area contributed by atoms with E-state index in [2.05, 4.69) is 21.1 Å². The van der Waals surface area contributed by atoms with E-state index < -0.39 is 38.6 Å². The summed E-state index contributed by atoms with van der Waals surface area (Å²) in [6, 6.07) is 1.43. The number of hydrogen-bond acceptors (Lipinski definition) is 5. The number of benzene rings is 1. The van der Waals surface area contributed by atoms with E-state index in [4.69, 9.17) is 0 Å². The van der Waals surface area contributed by atoms with Crippen molar-refractivity contribution in [2.45, 2.75) is 70.2 Å². The zero-order valence-electron chi connectivity index (χ0n) is 17.6. The zero-order valence-corrected chi connectivity index (χ0v) is 18.4. The predicted octanol–water partition coefficient (Wildman–Crippen LogP) is 6.33. The number of rotatable bonds is 12. The molecule has 1 aromatic carbocycles. The minimum atomic E-state index is -6.13. The van der Waals surface area contributed by atoms with Crippen molar-refractivity contribution in [1.29, 1.82) is 0 Å². The van der Waals surface area contributed by atoms with Crippen LogP contribution in [0.25, 0.3) is 11.4 Å². The summed E-state index contributed by atoms with van der Waals surface area (Å²) >= 11 is 0. The summed E-state index contributed by atoms with van der Waals surface area (Å²) in [7, 11) is -6.13. The highest BCUT2D eigenvalue weighted by Gasteiger charge is 2.49. The topological polar surface area (TPSA) is 69.2 Å². The van der Waals surface area contributed by atoms with Crippen molar-refractivity contribution in [1.82, 2.24) is 9.97 Å². The first kappa shape index (κ1) is 26.0. The molecule has 2 aromatic rings. The van der Waals surface area contributed by atoms with Crippen LogP contribution in [0.4, 0.5) is 22.0 Å². The van der Waals surface area contributed by atoms with Gasteiger partial charge in [-0.15, -0.1) is 0 Å². The molecule has 11 heteroatoms. The molecule has 1 aromatic heterocycles. The van der Waals surface area contributed by atoms with Gasteiger partial charge in [0.05, 0.1) is 5.56 Å². The van der Waals surface area contributed by atoms with Crippen LogP contribution < -0.4 is 4.18 Å². The lowest BCUT2D eigenvalue weighted by atomic mass is 10.1. The van der Waals surface area contributed by atoms with Crippen LogP contribution in [-0.4, -0.2) is 23.9 Å². The molecule has 32 heavy (non-hydrogen) atoms. The monoisotopic (exact) mass is 480 g/mol. The molecule has 178 valence electrons. The van der Waals surface area contributed by atoms with Gasteiger partial charge in [-0.1, -0.05) is 51.9 Å². The third-order valence-electron chi connectivity index (χ3n) is 4.80. The summed E-state index contributed by atoms with van der Waals surface area (Å²) in [6.07, 6.45) is 13.0. The Hall–Kier alpha value is -2.30. The number of aromatic nitrogens is 2. The zero-order chi connectivity index (χ0) is 23.8. The molecule has 0 aliphatic heterocycles. The van der Waals surface area contributed by atoms with Crippen LogP contribution in [0.15, 0.2) is 24.5 Å². The predicted molar refractivity (Wildman–Crippen MR) is 109 cm³/mol. The lowest BCUT2D eigenvalue weighted by molar-refractivity contribution is -0.0501. The van der Waals surface area contributed by atoms with Gasteiger partial charge in [-0.25, -0.2) is 14.4 Å². The number of unbranched alkanes of at least 4 members (excludes halogenated alkanes) is 7. The van der Waals surface area contributed by atoms with Crippen LogP contribution in [0, 0.1) is 11.6 Å². The minimum Gasteiger partial charge on any atom is -0.373 e. The summed E-state index contributed by atoms with van der Waals surface area (Å²) < 4.78 is 91.2. The molecule has 0 amide bonds. The number of nitrogens with zero attached hydrogens (tertiary/aromatic N) is 2. The lowest BCUT2D eigenvalue weighted by Gasteiger charge is -2.11. The molecule has 0 spiro atoms. The quantitative estimate of drug-likeness (QED) is 0.154. The molecule has 0 radical (unpaired) electrons. The molecule has 0 atom stereocenters. The van der Waals surface area contributed by atoms with Crippen LogP contribution >= 0.6 is 0 Å². The van der Waals surface area contributed by atoms with Crippen molar-refractivity contribution in [2.75, 3.05) is 0 Å². The maximum atomic E-state index is 14.3. The minimum absolute atomic E-state index is 0.189. The smallest absolute Gasteiger partial charge is 0.373 e. The molecule has 0 bridgehead atoms. The van der Waals surface area contributed by atoms with Gasteiger partial charge in [0, 0.05) is 12.4 Å². The number of hydrogen-bond donors (Lipinski definition) is 0. The van der Waals surface area contributed by atoms with Crippen LogP contribution in [0.5, 0.6) is 5.75 Å². The first-order valence-electron chi connectivity index (χ1n) is 10.4. The molecule has 0 fully saturated rings. The van der Waals surface area contributed by atoms with Gasteiger partial charge in [0.15, 0.2) is 17.4 Å². The second kappa shape index (κ2) is 11.5. The van der Waals surface area contributed by atoms with E-state index >= 15 is 0 Å². The number of halogens is 5. The van der Waals surface area contributed by atoms with Crippen LogP contribution in [0.1, 0.15) is 63.9 Å². The Labute approximate surface area is 184 Å². The van der Waals surface area contributed by atoms with Gasteiger partial charge in [-0.3, -0.25) is 0 Å². The van der Waals surface area contributed by atoms with Gasteiger partial charge in [0.25, 0.3) is 0 Å². The fourth-order valence-electron chi connectivity index (χ4n) is 3.02. The first-order chi connectivity index (χ1) is 15.1. The van der Waals surface area contributed by atoms with E-state index in [1.807, 2.05) is 0 Å². The molecule has 2 rings (SSSR count).